The molecule has 2 aliphatic heterocycles. The highest BCUT2D eigenvalue weighted by atomic mass is 32.2. The van der Waals surface area contributed by atoms with Crippen LogP contribution in [0.2, 0.25) is 0 Å². The lowest BCUT2D eigenvalue weighted by atomic mass is 9.98. The van der Waals surface area contributed by atoms with Crippen LogP contribution in [0.25, 0.3) is 0 Å². The van der Waals surface area contributed by atoms with Crippen LogP contribution >= 0.6 is 0 Å². The molecular weight excluding hydrogens is 396 g/mol. The summed E-state index contributed by atoms with van der Waals surface area (Å²) < 4.78 is 26.2. The number of fused-ring (bicyclic) bond motifs is 1. The predicted octanol–water partition coefficient (Wildman–Crippen LogP) is 0.739. The molecule has 2 fully saturated rings. The SMILES string of the molecule is CNS(=O)(=O)c1ccc2c(c1)CCN2C(=O)CCN1C(=O)NC2(CCCC2)C1=O. The van der Waals surface area contributed by atoms with Gasteiger partial charge in [0, 0.05) is 25.2 Å². The molecule has 10 heteroatoms. The molecule has 1 spiro atoms. The van der Waals surface area contributed by atoms with Gasteiger partial charge in [0.05, 0.1) is 4.90 Å². The van der Waals surface area contributed by atoms with E-state index in [-0.39, 0.29) is 29.7 Å². The van der Waals surface area contributed by atoms with Gasteiger partial charge in [0.25, 0.3) is 5.91 Å². The summed E-state index contributed by atoms with van der Waals surface area (Å²) in [5.41, 5.74) is 0.694. The van der Waals surface area contributed by atoms with E-state index in [0.29, 0.717) is 31.5 Å². The zero-order valence-corrected chi connectivity index (χ0v) is 17.0. The first kappa shape index (κ1) is 19.8. The molecule has 0 aromatic heterocycles. The van der Waals surface area contributed by atoms with E-state index in [1.54, 1.807) is 17.0 Å². The fraction of sp³-hybridized carbons (Fsp3) is 0.526. The second-order valence-corrected chi connectivity index (χ2v) is 9.61. The molecule has 0 radical (unpaired) electrons. The number of imide groups is 1. The summed E-state index contributed by atoms with van der Waals surface area (Å²) >= 11 is 0. The van der Waals surface area contributed by atoms with Crippen molar-refractivity contribution in [2.45, 2.75) is 49.0 Å². The van der Waals surface area contributed by atoms with Gasteiger partial charge in [0.2, 0.25) is 15.9 Å². The highest BCUT2D eigenvalue weighted by Gasteiger charge is 2.52. The van der Waals surface area contributed by atoms with Crippen molar-refractivity contribution in [1.29, 1.82) is 0 Å². The van der Waals surface area contributed by atoms with Gasteiger partial charge in [-0.05, 0) is 50.1 Å². The molecule has 0 atom stereocenters. The second-order valence-electron chi connectivity index (χ2n) is 7.72. The van der Waals surface area contributed by atoms with Crippen molar-refractivity contribution in [3.8, 4) is 0 Å². The molecule has 1 aromatic rings. The van der Waals surface area contributed by atoms with E-state index < -0.39 is 21.6 Å². The number of sulfonamides is 1. The minimum absolute atomic E-state index is 0.0330. The fourth-order valence-electron chi connectivity index (χ4n) is 4.46. The van der Waals surface area contributed by atoms with E-state index in [1.807, 2.05) is 0 Å². The number of hydrogen-bond donors (Lipinski definition) is 2. The topological polar surface area (TPSA) is 116 Å². The van der Waals surface area contributed by atoms with Crippen molar-refractivity contribution in [1.82, 2.24) is 14.9 Å². The maximum atomic E-state index is 12.8. The Bertz CT molecular complexity index is 984. The molecule has 4 amide bonds. The van der Waals surface area contributed by atoms with Gasteiger partial charge in [0.15, 0.2) is 0 Å². The number of hydrogen-bond acceptors (Lipinski definition) is 5. The van der Waals surface area contributed by atoms with Crippen LogP contribution in [0, 0.1) is 0 Å². The minimum Gasteiger partial charge on any atom is -0.323 e. The van der Waals surface area contributed by atoms with Gasteiger partial charge in [0.1, 0.15) is 5.54 Å². The third kappa shape index (κ3) is 3.29. The Hall–Kier alpha value is -2.46. The Kier molecular flexibility index (Phi) is 4.86. The number of amides is 4. The van der Waals surface area contributed by atoms with E-state index in [1.165, 1.54) is 13.1 Å². The van der Waals surface area contributed by atoms with Gasteiger partial charge in [-0.2, -0.15) is 0 Å². The normalized spacial score (nSPS) is 20.4. The van der Waals surface area contributed by atoms with Gasteiger partial charge in [-0.3, -0.25) is 14.5 Å². The zero-order valence-electron chi connectivity index (χ0n) is 16.2. The van der Waals surface area contributed by atoms with Crippen LogP contribution in [0.4, 0.5) is 10.5 Å². The fourth-order valence-corrected chi connectivity index (χ4v) is 5.24. The first-order valence-corrected chi connectivity index (χ1v) is 11.3. The molecule has 0 unspecified atom stereocenters. The molecule has 156 valence electrons. The Morgan fingerprint density at radius 1 is 1.24 bits per heavy atom. The summed E-state index contributed by atoms with van der Waals surface area (Å²) in [7, 11) is -2.19. The number of nitrogens with zero attached hydrogens (tertiary/aromatic N) is 2. The lowest BCUT2D eigenvalue weighted by Gasteiger charge is -2.21. The third-order valence-corrected chi connectivity index (χ3v) is 7.49. The van der Waals surface area contributed by atoms with E-state index in [9.17, 15) is 22.8 Å². The molecule has 2 heterocycles. The Morgan fingerprint density at radius 2 is 1.97 bits per heavy atom. The Morgan fingerprint density at radius 3 is 2.66 bits per heavy atom. The largest absolute Gasteiger partial charge is 0.325 e. The molecule has 2 N–H and O–H groups in total. The summed E-state index contributed by atoms with van der Waals surface area (Å²) in [5, 5.41) is 2.81. The summed E-state index contributed by atoms with van der Waals surface area (Å²) in [6, 6.07) is 4.26. The van der Waals surface area contributed by atoms with Gasteiger partial charge < -0.3 is 10.2 Å². The number of nitrogens with one attached hydrogen (secondary N) is 2. The number of urea groups is 1. The molecule has 0 bridgehead atoms. The molecule has 9 nitrogen and oxygen atoms in total. The van der Waals surface area contributed by atoms with Gasteiger partial charge in [-0.15, -0.1) is 0 Å². The summed E-state index contributed by atoms with van der Waals surface area (Å²) in [4.78, 5) is 40.6. The van der Waals surface area contributed by atoms with Crippen molar-refractivity contribution in [2.24, 2.45) is 0 Å². The van der Waals surface area contributed by atoms with E-state index >= 15 is 0 Å². The molecule has 1 aliphatic carbocycles. The van der Waals surface area contributed by atoms with Crippen molar-refractivity contribution in [2.75, 3.05) is 25.0 Å². The first-order valence-electron chi connectivity index (χ1n) is 9.78. The predicted molar refractivity (Wildman–Crippen MR) is 105 cm³/mol. The van der Waals surface area contributed by atoms with Crippen LogP contribution in [0.3, 0.4) is 0 Å². The van der Waals surface area contributed by atoms with Crippen LogP contribution in [0.15, 0.2) is 23.1 Å². The molecular formula is C19H24N4O5S. The molecule has 4 rings (SSSR count). The maximum absolute atomic E-state index is 12.8. The molecule has 1 saturated carbocycles. The third-order valence-electron chi connectivity index (χ3n) is 6.08. The number of anilines is 1. The highest BCUT2D eigenvalue weighted by molar-refractivity contribution is 7.89. The quantitative estimate of drug-likeness (QED) is 0.682. The lowest BCUT2D eigenvalue weighted by Crippen LogP contribution is -2.44. The summed E-state index contributed by atoms with van der Waals surface area (Å²) in [6.45, 7) is 0.491. The summed E-state index contributed by atoms with van der Waals surface area (Å²) in [5.74, 6) is -0.419. The number of rotatable bonds is 5. The highest BCUT2D eigenvalue weighted by Crippen LogP contribution is 2.35. The van der Waals surface area contributed by atoms with Gasteiger partial charge in [-0.25, -0.2) is 17.9 Å². The summed E-state index contributed by atoms with van der Waals surface area (Å²) in [6.07, 6.45) is 3.72. The average Bonchev–Trinajstić information content (AvgIpc) is 3.39. The van der Waals surface area contributed by atoms with Gasteiger partial charge >= 0.3 is 6.03 Å². The van der Waals surface area contributed by atoms with Crippen LogP contribution in [-0.2, 0) is 26.0 Å². The Labute approximate surface area is 169 Å². The van der Waals surface area contributed by atoms with Crippen LogP contribution in [-0.4, -0.2) is 56.8 Å². The van der Waals surface area contributed by atoms with Gasteiger partial charge in [-0.1, -0.05) is 12.8 Å². The molecule has 29 heavy (non-hydrogen) atoms. The van der Waals surface area contributed by atoms with E-state index in [4.69, 9.17) is 0 Å². The van der Waals surface area contributed by atoms with Crippen molar-refractivity contribution >= 4 is 33.6 Å². The monoisotopic (exact) mass is 420 g/mol. The minimum atomic E-state index is -3.54. The first-order chi connectivity index (χ1) is 13.8. The van der Waals surface area contributed by atoms with Crippen molar-refractivity contribution < 1.29 is 22.8 Å². The molecule has 1 aromatic carbocycles. The number of carbonyl (C=O) groups is 3. The van der Waals surface area contributed by atoms with Crippen LogP contribution in [0.5, 0.6) is 0 Å². The van der Waals surface area contributed by atoms with Crippen LogP contribution in [0.1, 0.15) is 37.7 Å². The van der Waals surface area contributed by atoms with Crippen molar-refractivity contribution in [3.63, 3.8) is 0 Å². The average molecular weight is 420 g/mol. The van der Waals surface area contributed by atoms with E-state index in [0.717, 1.165) is 23.3 Å². The standard InChI is InChI=1S/C19H24N4O5S/c1-20-29(27,28)14-4-5-15-13(12-14)6-10-22(15)16(24)7-11-23-17(25)19(21-18(23)26)8-2-3-9-19/h4-5,12,20H,2-3,6-11H2,1H3,(H,21,26). The Balaban J connectivity index is 1.43. The smallest absolute Gasteiger partial charge is 0.323 e. The van der Waals surface area contributed by atoms with Crippen molar-refractivity contribution in [3.05, 3.63) is 23.8 Å². The zero-order chi connectivity index (χ0) is 20.8. The molecule has 3 aliphatic rings. The van der Waals surface area contributed by atoms with E-state index in [2.05, 4.69) is 10.0 Å². The lowest BCUT2D eigenvalue weighted by molar-refractivity contribution is -0.131. The number of benzene rings is 1. The molecule has 1 saturated heterocycles. The maximum Gasteiger partial charge on any atom is 0.325 e. The number of carbonyl (C=O) groups excluding carboxylic acids is 3. The van der Waals surface area contributed by atoms with Crippen LogP contribution < -0.4 is 14.9 Å². The second kappa shape index (κ2) is 7.10.